The molecular weight excluding hydrogens is 384 g/mol. The van der Waals surface area contributed by atoms with Crippen molar-refractivity contribution in [3.05, 3.63) is 78.9 Å². The molecule has 0 saturated carbocycles. The number of aliphatic hydroxyl groups is 1. The molecular formula is C18H14N4O7. The molecule has 0 radical (unpaired) electrons. The Morgan fingerprint density at radius 2 is 1.45 bits per heavy atom. The lowest BCUT2D eigenvalue weighted by molar-refractivity contribution is -0.386. The van der Waals surface area contributed by atoms with Crippen molar-refractivity contribution in [2.45, 2.75) is 20.1 Å². The first-order valence-corrected chi connectivity index (χ1v) is 7.82. The molecule has 29 heavy (non-hydrogen) atoms. The fourth-order valence-corrected chi connectivity index (χ4v) is 2.04. The van der Waals surface area contributed by atoms with Crippen molar-refractivity contribution < 1.29 is 24.5 Å². The molecule has 2 aromatic rings. The molecule has 0 atom stereocenters. The molecule has 0 unspecified atom stereocenters. The van der Waals surface area contributed by atoms with Crippen LogP contribution in [0.3, 0.4) is 0 Å². The molecule has 0 aliphatic carbocycles. The fraction of sp³-hybridized carbons (Fsp3) is 0.167. The SMILES string of the molecule is CC(=O)OCc1ccc(C#N)cc1[N+](=O)[O-].N#Cc1ccc(CO)c([N+](=O)[O-])c1. The van der Waals surface area contributed by atoms with Gasteiger partial charge in [-0.3, -0.25) is 25.0 Å². The van der Waals surface area contributed by atoms with E-state index in [9.17, 15) is 25.0 Å². The van der Waals surface area contributed by atoms with Gasteiger partial charge in [0.25, 0.3) is 11.4 Å². The van der Waals surface area contributed by atoms with E-state index >= 15 is 0 Å². The average molecular weight is 398 g/mol. The summed E-state index contributed by atoms with van der Waals surface area (Å²) in [5, 5.41) is 46.9. The molecule has 0 amide bonds. The van der Waals surface area contributed by atoms with Gasteiger partial charge in [-0.05, 0) is 24.3 Å². The number of ether oxygens (including phenoxy) is 1. The third-order valence-corrected chi connectivity index (χ3v) is 3.42. The monoisotopic (exact) mass is 398 g/mol. The number of hydrogen-bond acceptors (Lipinski definition) is 9. The van der Waals surface area contributed by atoms with Crippen LogP contribution in [-0.2, 0) is 22.7 Å². The van der Waals surface area contributed by atoms with E-state index in [4.69, 9.17) is 15.6 Å². The third-order valence-electron chi connectivity index (χ3n) is 3.42. The van der Waals surface area contributed by atoms with Gasteiger partial charge in [0.05, 0.1) is 50.8 Å². The molecule has 1 N–H and O–H groups in total. The van der Waals surface area contributed by atoms with E-state index in [0.29, 0.717) is 0 Å². The maximum Gasteiger partial charge on any atom is 0.302 e. The minimum Gasteiger partial charge on any atom is -0.461 e. The van der Waals surface area contributed by atoms with E-state index in [1.165, 1.54) is 31.2 Å². The zero-order valence-corrected chi connectivity index (χ0v) is 15.1. The molecule has 11 nitrogen and oxygen atoms in total. The van der Waals surface area contributed by atoms with E-state index in [1.54, 1.807) is 12.1 Å². The summed E-state index contributed by atoms with van der Waals surface area (Å²) in [5.41, 5.74) is 0.437. The smallest absolute Gasteiger partial charge is 0.302 e. The lowest BCUT2D eigenvalue weighted by Gasteiger charge is -2.03. The zero-order valence-electron chi connectivity index (χ0n) is 15.1. The van der Waals surface area contributed by atoms with E-state index in [2.05, 4.69) is 4.74 Å². The number of aliphatic hydroxyl groups excluding tert-OH is 1. The van der Waals surface area contributed by atoms with E-state index in [1.807, 2.05) is 0 Å². The number of esters is 1. The molecule has 0 fully saturated rings. The van der Waals surface area contributed by atoms with Crippen LogP contribution in [-0.4, -0.2) is 20.9 Å². The highest BCUT2D eigenvalue weighted by Gasteiger charge is 2.15. The molecule has 2 rings (SSSR count). The van der Waals surface area contributed by atoms with Crippen LogP contribution in [0.4, 0.5) is 11.4 Å². The number of nitriles is 2. The minimum absolute atomic E-state index is 0.169. The molecule has 0 heterocycles. The average Bonchev–Trinajstić information content (AvgIpc) is 2.71. The molecule has 0 aliphatic heterocycles. The Morgan fingerprint density at radius 3 is 1.83 bits per heavy atom. The number of benzene rings is 2. The number of nitro groups is 2. The third kappa shape index (κ3) is 6.71. The number of rotatable bonds is 5. The topological polar surface area (TPSA) is 180 Å². The number of carbonyl (C=O) groups excluding carboxylic acids is 1. The van der Waals surface area contributed by atoms with Crippen LogP contribution in [0.15, 0.2) is 36.4 Å². The van der Waals surface area contributed by atoms with Crippen molar-refractivity contribution in [1.29, 1.82) is 10.5 Å². The first kappa shape index (κ1) is 22.7. The molecule has 2 aromatic carbocycles. The van der Waals surface area contributed by atoms with Gasteiger partial charge in [0.2, 0.25) is 0 Å². The van der Waals surface area contributed by atoms with Gasteiger partial charge in [0.15, 0.2) is 0 Å². The highest BCUT2D eigenvalue weighted by atomic mass is 16.6. The Labute approximate surface area is 164 Å². The predicted molar refractivity (Wildman–Crippen MR) is 97.0 cm³/mol. The van der Waals surface area contributed by atoms with Crippen LogP contribution in [0.2, 0.25) is 0 Å². The standard InChI is InChI=1S/C10H8N2O4.C8H6N2O3/c1-7(13)16-6-9-3-2-8(5-11)4-10(9)12(14)15;9-4-6-1-2-7(5-11)8(3-6)10(12)13/h2-4H,6H2,1H3;1-3,11H,5H2. The highest BCUT2D eigenvalue weighted by molar-refractivity contribution is 5.66. The maximum absolute atomic E-state index is 10.7. The largest absolute Gasteiger partial charge is 0.461 e. The fourth-order valence-electron chi connectivity index (χ4n) is 2.04. The molecule has 0 saturated heterocycles. The summed E-state index contributed by atoms with van der Waals surface area (Å²) in [7, 11) is 0. The number of carbonyl (C=O) groups is 1. The van der Waals surface area contributed by atoms with Crippen LogP contribution in [0.25, 0.3) is 0 Å². The van der Waals surface area contributed by atoms with Crippen LogP contribution in [0, 0.1) is 42.9 Å². The number of hydrogen-bond donors (Lipinski definition) is 1. The summed E-state index contributed by atoms with van der Waals surface area (Å²) in [5.74, 6) is -0.515. The van der Waals surface area contributed by atoms with Gasteiger partial charge < -0.3 is 9.84 Å². The maximum atomic E-state index is 10.7. The van der Waals surface area contributed by atoms with Gasteiger partial charge in [-0.2, -0.15) is 10.5 Å². The normalized spacial score (nSPS) is 9.24. The van der Waals surface area contributed by atoms with Gasteiger partial charge in [0.1, 0.15) is 6.61 Å². The van der Waals surface area contributed by atoms with Crippen LogP contribution >= 0.6 is 0 Å². The summed E-state index contributed by atoms with van der Waals surface area (Å²) < 4.78 is 4.67. The van der Waals surface area contributed by atoms with Crippen molar-refractivity contribution in [1.82, 2.24) is 0 Å². The summed E-state index contributed by atoms with van der Waals surface area (Å²) in [6.45, 7) is 0.648. The number of nitrogens with zero attached hydrogens (tertiary/aromatic N) is 4. The Hall–Kier alpha value is -4.35. The molecule has 0 aromatic heterocycles. The Balaban J connectivity index is 0.000000296. The quantitative estimate of drug-likeness (QED) is 0.449. The van der Waals surface area contributed by atoms with Crippen molar-refractivity contribution >= 4 is 17.3 Å². The van der Waals surface area contributed by atoms with Gasteiger partial charge in [-0.1, -0.05) is 0 Å². The van der Waals surface area contributed by atoms with Crippen LogP contribution in [0.5, 0.6) is 0 Å². The molecule has 0 bridgehead atoms. The van der Waals surface area contributed by atoms with Gasteiger partial charge in [-0.25, -0.2) is 0 Å². The lowest BCUT2D eigenvalue weighted by atomic mass is 10.1. The van der Waals surface area contributed by atoms with E-state index < -0.39 is 22.4 Å². The first-order valence-electron chi connectivity index (χ1n) is 7.82. The number of nitro benzene ring substituents is 2. The molecule has 11 heteroatoms. The van der Waals surface area contributed by atoms with Crippen molar-refractivity contribution in [3.8, 4) is 12.1 Å². The van der Waals surface area contributed by atoms with Gasteiger partial charge >= 0.3 is 5.97 Å². The molecule has 148 valence electrons. The Bertz CT molecular complexity index is 1020. The van der Waals surface area contributed by atoms with Crippen molar-refractivity contribution in [2.75, 3.05) is 0 Å². The van der Waals surface area contributed by atoms with Crippen LogP contribution in [0.1, 0.15) is 29.2 Å². The summed E-state index contributed by atoms with van der Waals surface area (Å²) in [6, 6.07) is 11.5. The van der Waals surface area contributed by atoms with E-state index in [-0.39, 0.29) is 40.2 Å². The summed E-state index contributed by atoms with van der Waals surface area (Å²) in [4.78, 5) is 30.5. The highest BCUT2D eigenvalue weighted by Crippen LogP contribution is 2.21. The second-order valence-corrected chi connectivity index (χ2v) is 5.36. The Morgan fingerprint density at radius 1 is 1.00 bits per heavy atom. The zero-order chi connectivity index (χ0) is 22.0. The van der Waals surface area contributed by atoms with Gasteiger partial charge in [-0.15, -0.1) is 0 Å². The van der Waals surface area contributed by atoms with Crippen molar-refractivity contribution in [3.63, 3.8) is 0 Å². The molecule has 0 aliphatic rings. The Kier molecular flexibility index (Phi) is 8.38. The lowest BCUT2D eigenvalue weighted by Crippen LogP contribution is -2.02. The van der Waals surface area contributed by atoms with Crippen molar-refractivity contribution in [2.24, 2.45) is 0 Å². The minimum atomic E-state index is -0.619. The molecule has 0 spiro atoms. The van der Waals surface area contributed by atoms with E-state index in [0.717, 1.165) is 12.1 Å². The second-order valence-electron chi connectivity index (χ2n) is 5.36. The summed E-state index contributed by atoms with van der Waals surface area (Å²) in [6.07, 6.45) is 0. The second kappa shape index (κ2) is 10.7. The summed E-state index contributed by atoms with van der Waals surface area (Å²) >= 11 is 0. The van der Waals surface area contributed by atoms with Gasteiger partial charge in [0, 0.05) is 19.1 Å². The van der Waals surface area contributed by atoms with Crippen LogP contribution < -0.4 is 0 Å². The predicted octanol–water partition coefficient (Wildman–Crippen LogP) is 2.49. The first-order chi connectivity index (χ1) is 13.7.